The van der Waals surface area contributed by atoms with Gasteiger partial charge in [0.1, 0.15) is 5.82 Å². The first-order valence-electron chi connectivity index (χ1n) is 19.4. The van der Waals surface area contributed by atoms with Crippen LogP contribution < -0.4 is 4.74 Å². The van der Waals surface area contributed by atoms with E-state index in [1.165, 1.54) is 39.8 Å². The Bertz CT molecular complexity index is 2260. The van der Waals surface area contributed by atoms with Crippen LogP contribution >= 0.6 is 0 Å². The van der Waals surface area contributed by atoms with Gasteiger partial charge in [0, 0.05) is 40.4 Å². The molecule has 3 atom stereocenters. The summed E-state index contributed by atoms with van der Waals surface area (Å²) in [6.07, 6.45) is 9.90. The molecular weight excluding hydrogens is 832 g/mol. The van der Waals surface area contributed by atoms with Gasteiger partial charge in [-0.3, -0.25) is 4.68 Å². The monoisotopic (exact) mass is 885 g/mol. The van der Waals surface area contributed by atoms with E-state index in [2.05, 4.69) is 144 Å². The summed E-state index contributed by atoms with van der Waals surface area (Å²) in [5.41, 5.74) is 10.7. The maximum Gasteiger partial charge on any atom is 2.00 e. The quantitative estimate of drug-likeness (QED) is 0.0962. The molecule has 3 aromatic carbocycles. The van der Waals surface area contributed by atoms with Crippen molar-refractivity contribution in [1.29, 1.82) is 0 Å². The van der Waals surface area contributed by atoms with Crippen molar-refractivity contribution in [3.63, 3.8) is 0 Å². The molecule has 0 fully saturated rings. The van der Waals surface area contributed by atoms with Gasteiger partial charge in [-0.1, -0.05) is 90.3 Å². The van der Waals surface area contributed by atoms with Gasteiger partial charge in [-0.25, -0.2) is 4.98 Å². The van der Waals surface area contributed by atoms with Crippen LogP contribution in [0.4, 0.5) is 0 Å². The van der Waals surface area contributed by atoms with E-state index in [1.807, 2.05) is 12.3 Å². The first kappa shape index (κ1) is 38.8. The van der Waals surface area contributed by atoms with E-state index < -0.39 is 0 Å². The maximum atomic E-state index is 6.73. The molecule has 7 rings (SSSR count). The Hall–Kier alpha value is -3.95. The zero-order valence-corrected chi connectivity index (χ0v) is 35.1. The van der Waals surface area contributed by atoms with E-state index >= 15 is 0 Å². The molecule has 0 amide bonds. The average Bonchev–Trinajstić information content (AvgIpc) is 3.60. The SMILES string of the molecule is CCCCc1ccnc(-n2c3[c-]c(Oc4[c-]c(-n5nc(C)c(C6C(C)=C[C@H](C)C[C@@H]6C)c5CC(C)C)cc(C(C)C)c4)ccc3c3ccccc32)c1.[Pt+2]. The molecule has 278 valence electrons. The minimum Gasteiger partial charge on any atom is -0.509 e. The predicted octanol–water partition coefficient (Wildman–Crippen LogP) is 12.4. The summed E-state index contributed by atoms with van der Waals surface area (Å²) >= 11 is 0. The zero-order chi connectivity index (χ0) is 36.7. The van der Waals surface area contributed by atoms with Crippen LogP contribution in [-0.4, -0.2) is 19.3 Å². The van der Waals surface area contributed by atoms with Gasteiger partial charge in [0.05, 0.1) is 5.69 Å². The third kappa shape index (κ3) is 7.83. The van der Waals surface area contributed by atoms with Crippen LogP contribution in [0.5, 0.6) is 11.5 Å². The van der Waals surface area contributed by atoms with E-state index in [9.17, 15) is 0 Å². The maximum absolute atomic E-state index is 6.73. The Morgan fingerprint density at radius 2 is 1.72 bits per heavy atom. The number of ether oxygens (including phenoxy) is 1. The number of allylic oxidation sites excluding steroid dienone is 2. The fourth-order valence-corrected chi connectivity index (χ4v) is 8.54. The molecule has 1 aliphatic carbocycles. The standard InChI is InChI=1S/C47H54N4O.Pt/c1-10-11-14-35-19-20-48-45(24-35)50-42-16-13-12-15-40(42)41-18-17-38(28-43(41)50)52-39-26-36(30(4)5)25-37(27-39)51-44(21-29(2)3)47(34(9)49-51)46-32(7)22-31(6)23-33(46)8;/h12-13,15-20,22,24-26,29-31,33,46H,10-11,14,21,23H2,1-9H3;/q-2;+2/t31-,33-,46?;/m0./s1. The number of unbranched alkanes of at least 4 members (excludes halogenated alkanes) is 1. The van der Waals surface area contributed by atoms with Gasteiger partial charge in [-0.05, 0) is 98.0 Å². The molecule has 1 aliphatic rings. The van der Waals surface area contributed by atoms with Gasteiger partial charge >= 0.3 is 21.1 Å². The zero-order valence-electron chi connectivity index (χ0n) is 32.9. The number of fused-ring (bicyclic) bond motifs is 3. The molecule has 53 heavy (non-hydrogen) atoms. The van der Waals surface area contributed by atoms with Crippen molar-refractivity contribution < 1.29 is 25.8 Å². The van der Waals surface area contributed by atoms with E-state index in [1.54, 1.807) is 0 Å². The number of hydrogen-bond donors (Lipinski definition) is 0. The van der Waals surface area contributed by atoms with E-state index in [4.69, 9.17) is 14.8 Å². The molecule has 3 aromatic heterocycles. The van der Waals surface area contributed by atoms with Gasteiger partial charge < -0.3 is 9.30 Å². The summed E-state index contributed by atoms with van der Waals surface area (Å²) in [6, 6.07) is 28.7. The number of rotatable bonds is 11. The van der Waals surface area contributed by atoms with Crippen molar-refractivity contribution in [1.82, 2.24) is 19.3 Å². The number of benzene rings is 3. The molecule has 0 aliphatic heterocycles. The largest absolute Gasteiger partial charge is 2.00 e. The van der Waals surface area contributed by atoms with E-state index in [0.717, 1.165) is 59.3 Å². The second-order valence-electron chi connectivity index (χ2n) is 16.0. The number of aryl methyl sites for hydroxylation is 2. The van der Waals surface area contributed by atoms with Crippen LogP contribution in [-0.2, 0) is 33.9 Å². The number of pyridine rings is 1. The van der Waals surface area contributed by atoms with Crippen LogP contribution in [0, 0.1) is 36.8 Å². The fourth-order valence-electron chi connectivity index (χ4n) is 8.54. The van der Waals surface area contributed by atoms with Crippen LogP contribution in [0.3, 0.4) is 0 Å². The van der Waals surface area contributed by atoms with Gasteiger partial charge in [0.2, 0.25) is 0 Å². The minimum atomic E-state index is 0. The number of para-hydroxylation sites is 1. The fraction of sp³-hybridized carbons (Fsp3) is 0.404. The topological polar surface area (TPSA) is 44.9 Å². The first-order valence-corrected chi connectivity index (χ1v) is 19.4. The molecule has 6 heteroatoms. The smallest absolute Gasteiger partial charge is 0.509 e. The first-order chi connectivity index (χ1) is 25.0. The van der Waals surface area contributed by atoms with Gasteiger partial charge in [-0.15, -0.1) is 41.3 Å². The van der Waals surface area contributed by atoms with E-state index in [-0.39, 0.29) is 21.1 Å². The summed E-state index contributed by atoms with van der Waals surface area (Å²) < 4.78 is 11.1. The molecule has 0 radical (unpaired) electrons. The minimum absolute atomic E-state index is 0. The Morgan fingerprint density at radius 3 is 2.45 bits per heavy atom. The molecule has 6 aromatic rings. The van der Waals surface area contributed by atoms with Crippen molar-refractivity contribution in [2.75, 3.05) is 0 Å². The van der Waals surface area contributed by atoms with Crippen molar-refractivity contribution in [2.24, 2.45) is 17.8 Å². The van der Waals surface area contributed by atoms with Gasteiger partial charge in [0.15, 0.2) is 0 Å². The van der Waals surface area contributed by atoms with Crippen LogP contribution in [0.25, 0.3) is 33.3 Å². The van der Waals surface area contributed by atoms with Crippen LogP contribution in [0.1, 0.15) is 115 Å². The average molecular weight is 886 g/mol. The Morgan fingerprint density at radius 1 is 0.925 bits per heavy atom. The van der Waals surface area contributed by atoms with E-state index in [0.29, 0.717) is 41.1 Å². The van der Waals surface area contributed by atoms with Crippen LogP contribution in [0.15, 0.2) is 78.5 Å². The van der Waals surface area contributed by atoms with Gasteiger partial charge in [-0.2, -0.15) is 11.2 Å². The Kier molecular flexibility index (Phi) is 11.8. The van der Waals surface area contributed by atoms with Gasteiger partial charge in [0.25, 0.3) is 0 Å². The number of aromatic nitrogens is 4. The third-order valence-corrected chi connectivity index (χ3v) is 10.9. The molecule has 3 heterocycles. The summed E-state index contributed by atoms with van der Waals surface area (Å²) in [6.45, 7) is 20.6. The second-order valence-corrected chi connectivity index (χ2v) is 16.0. The predicted molar refractivity (Wildman–Crippen MR) is 215 cm³/mol. The van der Waals surface area contributed by atoms with Crippen molar-refractivity contribution in [2.45, 2.75) is 106 Å². The molecule has 0 N–H and O–H groups in total. The van der Waals surface area contributed by atoms with Crippen molar-refractivity contribution in [3.05, 3.63) is 119 Å². The molecule has 0 saturated heterocycles. The summed E-state index contributed by atoms with van der Waals surface area (Å²) in [5.74, 6) is 4.53. The Balaban J connectivity index is 0.00000481. The summed E-state index contributed by atoms with van der Waals surface area (Å²) in [5, 5.41) is 7.56. The normalized spacial score (nSPS) is 17.5. The third-order valence-electron chi connectivity index (χ3n) is 10.9. The molecule has 5 nitrogen and oxygen atoms in total. The second kappa shape index (κ2) is 16.2. The van der Waals surface area contributed by atoms with Crippen LogP contribution in [0.2, 0.25) is 0 Å². The molecule has 0 saturated carbocycles. The molecular formula is C47H54N4OPt. The molecule has 1 unspecified atom stereocenters. The molecule has 0 spiro atoms. The van der Waals surface area contributed by atoms with Crippen molar-refractivity contribution >= 4 is 21.8 Å². The summed E-state index contributed by atoms with van der Waals surface area (Å²) in [7, 11) is 0. The molecule has 0 bridgehead atoms. The number of nitrogens with zero attached hydrogens (tertiary/aromatic N) is 4. The summed E-state index contributed by atoms with van der Waals surface area (Å²) in [4.78, 5) is 4.85. The number of hydrogen-bond acceptors (Lipinski definition) is 3. The van der Waals surface area contributed by atoms with Crippen molar-refractivity contribution in [3.8, 4) is 23.0 Å². The Labute approximate surface area is 331 Å².